The number of rotatable bonds is 8. The highest BCUT2D eigenvalue weighted by atomic mass is 16.5. The minimum atomic E-state index is -0.783. The number of ether oxygens (including phenoxy) is 1. The van der Waals surface area contributed by atoms with Crippen molar-refractivity contribution >= 4 is 23.4 Å². The molecule has 0 bridgehead atoms. The number of benzene rings is 2. The Morgan fingerprint density at radius 2 is 1.54 bits per heavy atom. The number of nitrogens with one attached hydrogen (secondary N) is 3. The van der Waals surface area contributed by atoms with Crippen LogP contribution in [-0.2, 0) is 20.8 Å². The van der Waals surface area contributed by atoms with Crippen LogP contribution in [0, 0.1) is 0 Å². The Balaban J connectivity index is 1.67. The number of carbonyl (C=O) groups excluding carboxylic acids is 3. The zero-order valence-corrected chi connectivity index (χ0v) is 16.0. The first-order valence-corrected chi connectivity index (χ1v) is 9.17. The fourth-order valence-corrected chi connectivity index (χ4v) is 2.33. The number of hydrogen-bond acceptors (Lipinski definition) is 4. The third-order valence-electron chi connectivity index (χ3n) is 3.98. The molecule has 3 N–H and O–H groups in total. The van der Waals surface area contributed by atoms with E-state index in [0.29, 0.717) is 11.4 Å². The number of hydrogen-bond donors (Lipinski definition) is 3. The second-order valence-electron chi connectivity index (χ2n) is 6.21. The zero-order valence-electron chi connectivity index (χ0n) is 16.0. The van der Waals surface area contributed by atoms with Crippen LogP contribution < -0.4 is 20.9 Å². The SMILES string of the molecule is CCc1ccc(OC(C)C(=O)NNC(=O)CCC(=O)Nc2ccccc2)cc1. The highest BCUT2D eigenvalue weighted by Crippen LogP contribution is 2.14. The summed E-state index contributed by atoms with van der Waals surface area (Å²) < 4.78 is 5.55. The standard InChI is InChI=1S/C21H25N3O4/c1-3-16-9-11-18(12-10-16)28-15(2)21(27)24-23-20(26)14-13-19(25)22-17-7-5-4-6-8-17/h4-12,15H,3,13-14H2,1-2H3,(H,22,25)(H,23,26)(H,24,27). The molecule has 0 aliphatic heterocycles. The third-order valence-corrected chi connectivity index (χ3v) is 3.98. The molecule has 28 heavy (non-hydrogen) atoms. The summed E-state index contributed by atoms with van der Waals surface area (Å²) in [7, 11) is 0. The summed E-state index contributed by atoms with van der Waals surface area (Å²) in [5.74, 6) is -0.652. The highest BCUT2D eigenvalue weighted by Gasteiger charge is 2.16. The molecular formula is C21H25N3O4. The van der Waals surface area contributed by atoms with Gasteiger partial charge in [0.15, 0.2) is 6.10 Å². The van der Waals surface area contributed by atoms with E-state index in [4.69, 9.17) is 4.74 Å². The first-order chi connectivity index (χ1) is 13.5. The molecule has 148 valence electrons. The number of anilines is 1. The van der Waals surface area contributed by atoms with E-state index in [1.54, 1.807) is 43.3 Å². The van der Waals surface area contributed by atoms with Gasteiger partial charge >= 0.3 is 0 Å². The van der Waals surface area contributed by atoms with Crippen LogP contribution in [0.15, 0.2) is 54.6 Å². The van der Waals surface area contributed by atoms with Crippen LogP contribution in [0.4, 0.5) is 5.69 Å². The van der Waals surface area contributed by atoms with Crippen molar-refractivity contribution in [1.29, 1.82) is 0 Å². The molecule has 3 amide bonds. The molecule has 0 saturated carbocycles. The second kappa shape index (κ2) is 10.7. The summed E-state index contributed by atoms with van der Waals surface area (Å²) in [5.41, 5.74) is 6.43. The van der Waals surface area contributed by atoms with Crippen molar-refractivity contribution in [2.45, 2.75) is 39.2 Å². The topological polar surface area (TPSA) is 96.5 Å². The van der Waals surface area contributed by atoms with Gasteiger partial charge in [-0.3, -0.25) is 25.2 Å². The molecule has 0 radical (unpaired) electrons. The van der Waals surface area contributed by atoms with Gasteiger partial charge in [0, 0.05) is 18.5 Å². The van der Waals surface area contributed by atoms with Gasteiger partial charge in [-0.2, -0.15) is 0 Å². The van der Waals surface area contributed by atoms with Crippen molar-refractivity contribution < 1.29 is 19.1 Å². The molecule has 7 nitrogen and oxygen atoms in total. The maximum absolute atomic E-state index is 12.0. The summed E-state index contributed by atoms with van der Waals surface area (Å²) in [5, 5.41) is 2.69. The quantitative estimate of drug-likeness (QED) is 0.611. The summed E-state index contributed by atoms with van der Waals surface area (Å²) in [6.45, 7) is 3.64. The maximum atomic E-state index is 12.0. The van der Waals surface area contributed by atoms with Crippen LogP contribution in [0.3, 0.4) is 0 Å². The summed E-state index contributed by atoms with van der Waals surface area (Å²) in [6, 6.07) is 16.4. The molecule has 1 unspecified atom stereocenters. The van der Waals surface area contributed by atoms with Gasteiger partial charge in [0.05, 0.1) is 0 Å². The van der Waals surface area contributed by atoms with Crippen molar-refractivity contribution in [3.05, 3.63) is 60.2 Å². The molecule has 0 aliphatic rings. The smallest absolute Gasteiger partial charge is 0.279 e. The maximum Gasteiger partial charge on any atom is 0.279 e. The van der Waals surface area contributed by atoms with Gasteiger partial charge in [-0.1, -0.05) is 37.3 Å². The average Bonchev–Trinajstić information content (AvgIpc) is 2.71. The predicted molar refractivity (Wildman–Crippen MR) is 107 cm³/mol. The molecule has 1 atom stereocenters. The fraction of sp³-hybridized carbons (Fsp3) is 0.286. The monoisotopic (exact) mass is 383 g/mol. The Morgan fingerprint density at radius 3 is 2.18 bits per heavy atom. The van der Waals surface area contributed by atoms with E-state index in [1.165, 1.54) is 5.56 Å². The molecule has 2 aromatic rings. The molecule has 0 aromatic heterocycles. The van der Waals surface area contributed by atoms with E-state index < -0.39 is 17.9 Å². The van der Waals surface area contributed by atoms with E-state index in [9.17, 15) is 14.4 Å². The lowest BCUT2D eigenvalue weighted by atomic mass is 10.2. The lowest BCUT2D eigenvalue weighted by molar-refractivity contribution is -0.133. The van der Waals surface area contributed by atoms with Crippen molar-refractivity contribution in [1.82, 2.24) is 10.9 Å². The third kappa shape index (κ3) is 7.11. The minimum absolute atomic E-state index is 0.00638. The first-order valence-electron chi connectivity index (χ1n) is 9.17. The van der Waals surface area contributed by atoms with Crippen molar-refractivity contribution in [3.8, 4) is 5.75 Å². The zero-order chi connectivity index (χ0) is 20.4. The first kappa shape index (κ1) is 21.0. The van der Waals surface area contributed by atoms with Crippen molar-refractivity contribution in [2.24, 2.45) is 0 Å². The Morgan fingerprint density at radius 1 is 0.893 bits per heavy atom. The van der Waals surface area contributed by atoms with E-state index in [2.05, 4.69) is 23.1 Å². The van der Waals surface area contributed by atoms with E-state index in [1.807, 2.05) is 18.2 Å². The Hall–Kier alpha value is -3.35. The number of aryl methyl sites for hydroxylation is 1. The largest absolute Gasteiger partial charge is 0.481 e. The lowest BCUT2D eigenvalue weighted by Gasteiger charge is -2.15. The van der Waals surface area contributed by atoms with Gasteiger partial charge in [-0.25, -0.2) is 0 Å². The van der Waals surface area contributed by atoms with Gasteiger partial charge in [-0.15, -0.1) is 0 Å². The molecule has 0 spiro atoms. The minimum Gasteiger partial charge on any atom is -0.481 e. The average molecular weight is 383 g/mol. The van der Waals surface area contributed by atoms with Crippen LogP contribution in [0.25, 0.3) is 0 Å². The Kier molecular flexibility index (Phi) is 8.02. The summed E-state index contributed by atoms with van der Waals surface area (Å²) >= 11 is 0. The van der Waals surface area contributed by atoms with Gasteiger partial charge in [0.25, 0.3) is 5.91 Å². The van der Waals surface area contributed by atoms with Crippen LogP contribution in [0.5, 0.6) is 5.75 Å². The highest BCUT2D eigenvalue weighted by molar-refractivity contribution is 5.93. The van der Waals surface area contributed by atoms with Crippen LogP contribution in [0.1, 0.15) is 32.3 Å². The molecule has 2 aromatic carbocycles. The fourth-order valence-electron chi connectivity index (χ4n) is 2.33. The van der Waals surface area contributed by atoms with Crippen molar-refractivity contribution in [2.75, 3.05) is 5.32 Å². The van der Waals surface area contributed by atoms with Crippen LogP contribution in [-0.4, -0.2) is 23.8 Å². The Bertz CT molecular complexity index is 791. The number of para-hydroxylation sites is 1. The summed E-state index contributed by atoms with van der Waals surface area (Å²) in [4.78, 5) is 35.6. The normalized spacial score (nSPS) is 11.2. The Labute approximate surface area is 164 Å². The molecule has 0 fully saturated rings. The number of amides is 3. The van der Waals surface area contributed by atoms with E-state index >= 15 is 0 Å². The molecule has 0 heterocycles. The number of hydrazine groups is 1. The second-order valence-corrected chi connectivity index (χ2v) is 6.21. The molecule has 2 rings (SSSR count). The van der Waals surface area contributed by atoms with Crippen LogP contribution >= 0.6 is 0 Å². The van der Waals surface area contributed by atoms with Crippen LogP contribution in [0.2, 0.25) is 0 Å². The number of carbonyl (C=O) groups is 3. The van der Waals surface area contributed by atoms with Crippen molar-refractivity contribution in [3.63, 3.8) is 0 Å². The van der Waals surface area contributed by atoms with E-state index in [0.717, 1.165) is 6.42 Å². The summed E-state index contributed by atoms with van der Waals surface area (Å²) in [6.07, 6.45) is 0.0966. The molecular weight excluding hydrogens is 358 g/mol. The molecule has 7 heteroatoms. The lowest BCUT2D eigenvalue weighted by Crippen LogP contribution is -2.47. The molecule has 0 saturated heterocycles. The van der Waals surface area contributed by atoms with Gasteiger partial charge < -0.3 is 10.1 Å². The van der Waals surface area contributed by atoms with Gasteiger partial charge in [0.1, 0.15) is 5.75 Å². The molecule has 0 aliphatic carbocycles. The van der Waals surface area contributed by atoms with Gasteiger partial charge in [-0.05, 0) is 43.2 Å². The van der Waals surface area contributed by atoms with Gasteiger partial charge in [0.2, 0.25) is 11.8 Å². The van der Waals surface area contributed by atoms with E-state index in [-0.39, 0.29) is 18.7 Å². The predicted octanol–water partition coefficient (Wildman–Crippen LogP) is 2.58.